The lowest BCUT2D eigenvalue weighted by molar-refractivity contribution is -0.149. The molecule has 10 heteroatoms. The summed E-state index contributed by atoms with van der Waals surface area (Å²) in [5.74, 6) is 0.628. The Kier molecular flexibility index (Phi) is 15.3. The Hall–Kier alpha value is -2.27. The van der Waals surface area contributed by atoms with Crippen LogP contribution in [0.1, 0.15) is 134 Å². The number of unbranched alkanes of at least 4 members (excludes halogenated alkanes) is 8. The highest BCUT2D eigenvalue weighted by atomic mass is 16.6. The Bertz CT molecular complexity index is 901. The van der Waals surface area contributed by atoms with E-state index >= 15 is 0 Å². The van der Waals surface area contributed by atoms with E-state index in [-0.39, 0.29) is 30.2 Å². The summed E-state index contributed by atoms with van der Waals surface area (Å²) in [6.07, 6.45) is 10.4. The summed E-state index contributed by atoms with van der Waals surface area (Å²) in [7, 11) is 0. The molecule has 4 N–H and O–H groups in total. The van der Waals surface area contributed by atoms with Crippen LogP contribution in [0.5, 0.6) is 0 Å². The molecule has 10 nitrogen and oxygen atoms in total. The van der Waals surface area contributed by atoms with Gasteiger partial charge in [-0.2, -0.15) is 0 Å². The SMILES string of the molecule is CCC(C)CCCCCCCCCCCC(=O)O[C@@H](c1cnco1)c1nc([C@@H](O)C[C@@H](O)C(O)C(C)O)co1. The van der Waals surface area contributed by atoms with Crippen LogP contribution in [0.2, 0.25) is 0 Å². The van der Waals surface area contributed by atoms with E-state index < -0.39 is 36.5 Å². The van der Waals surface area contributed by atoms with Crippen molar-refractivity contribution in [3.63, 3.8) is 0 Å². The zero-order valence-electron chi connectivity index (χ0n) is 23.7. The Morgan fingerprint density at radius 2 is 1.59 bits per heavy atom. The van der Waals surface area contributed by atoms with Crippen molar-refractivity contribution < 1.29 is 38.8 Å². The predicted molar refractivity (Wildman–Crippen MR) is 144 cm³/mol. The third kappa shape index (κ3) is 12.2. The number of hydrogen-bond acceptors (Lipinski definition) is 10. The molecule has 0 spiro atoms. The number of rotatable bonds is 21. The van der Waals surface area contributed by atoms with E-state index in [1.54, 1.807) is 0 Å². The van der Waals surface area contributed by atoms with Gasteiger partial charge in [-0.15, -0.1) is 0 Å². The lowest BCUT2D eigenvalue weighted by Gasteiger charge is -2.21. The summed E-state index contributed by atoms with van der Waals surface area (Å²) in [4.78, 5) is 20.6. The van der Waals surface area contributed by atoms with Crippen LogP contribution in [0.3, 0.4) is 0 Å². The van der Waals surface area contributed by atoms with E-state index in [9.17, 15) is 25.2 Å². The maximum Gasteiger partial charge on any atom is 0.307 e. The highest BCUT2D eigenvalue weighted by Gasteiger charge is 2.30. The molecule has 3 unspecified atom stereocenters. The summed E-state index contributed by atoms with van der Waals surface area (Å²) < 4.78 is 16.4. The Balaban J connectivity index is 1.74. The van der Waals surface area contributed by atoms with E-state index in [2.05, 4.69) is 23.8 Å². The topological polar surface area (TPSA) is 159 Å². The number of aromatic nitrogens is 2. The van der Waals surface area contributed by atoms with Crippen LogP contribution in [0.4, 0.5) is 0 Å². The van der Waals surface area contributed by atoms with E-state index in [0.29, 0.717) is 0 Å². The van der Waals surface area contributed by atoms with Gasteiger partial charge in [-0.3, -0.25) is 4.79 Å². The van der Waals surface area contributed by atoms with Crippen molar-refractivity contribution in [2.75, 3.05) is 0 Å². The van der Waals surface area contributed by atoms with Crippen LogP contribution in [0.15, 0.2) is 27.7 Å². The summed E-state index contributed by atoms with van der Waals surface area (Å²) in [6, 6.07) is 0. The molecule has 0 aliphatic heterocycles. The van der Waals surface area contributed by atoms with Crippen molar-refractivity contribution in [2.24, 2.45) is 5.92 Å². The fraction of sp³-hybridized carbons (Fsp3) is 0.759. The van der Waals surface area contributed by atoms with E-state index in [1.807, 2.05) is 0 Å². The summed E-state index contributed by atoms with van der Waals surface area (Å²) in [6.45, 7) is 5.91. The lowest BCUT2D eigenvalue weighted by Crippen LogP contribution is -2.36. The normalized spacial score (nSPS) is 16.4. The molecule has 0 bridgehead atoms. The maximum absolute atomic E-state index is 12.6. The Morgan fingerprint density at radius 1 is 0.949 bits per heavy atom. The zero-order valence-corrected chi connectivity index (χ0v) is 23.7. The van der Waals surface area contributed by atoms with Gasteiger partial charge in [0.1, 0.15) is 24.2 Å². The molecule has 0 saturated carbocycles. The number of esters is 1. The van der Waals surface area contributed by atoms with Crippen molar-refractivity contribution in [3.8, 4) is 0 Å². The molecule has 0 aromatic carbocycles. The number of carbonyl (C=O) groups excluding carboxylic acids is 1. The molecule has 39 heavy (non-hydrogen) atoms. The minimum atomic E-state index is -1.42. The van der Waals surface area contributed by atoms with E-state index in [4.69, 9.17) is 13.6 Å². The highest BCUT2D eigenvalue weighted by Crippen LogP contribution is 2.29. The molecule has 2 rings (SSSR count). The minimum absolute atomic E-state index is 0.0103. The van der Waals surface area contributed by atoms with E-state index in [0.717, 1.165) is 25.2 Å². The lowest BCUT2D eigenvalue weighted by atomic mass is 9.99. The van der Waals surface area contributed by atoms with Gasteiger partial charge in [0.25, 0.3) is 0 Å². The van der Waals surface area contributed by atoms with Crippen molar-refractivity contribution in [2.45, 2.75) is 135 Å². The summed E-state index contributed by atoms with van der Waals surface area (Å²) in [5, 5.41) is 39.6. The predicted octanol–water partition coefficient (Wildman–Crippen LogP) is 5.16. The second-order valence-corrected chi connectivity index (χ2v) is 10.7. The molecule has 2 aromatic heterocycles. The van der Waals surface area contributed by atoms with Crippen molar-refractivity contribution in [1.82, 2.24) is 9.97 Å². The largest absolute Gasteiger partial charge is 0.445 e. The molecule has 0 aliphatic rings. The third-order valence-corrected chi connectivity index (χ3v) is 7.19. The van der Waals surface area contributed by atoms with Crippen molar-refractivity contribution >= 4 is 5.97 Å². The fourth-order valence-corrected chi connectivity index (χ4v) is 4.36. The molecule has 0 amide bonds. The number of aliphatic hydroxyl groups excluding tert-OH is 4. The number of hydrogen-bond donors (Lipinski definition) is 4. The Labute approximate surface area is 231 Å². The van der Waals surface area contributed by atoms with Gasteiger partial charge in [0.15, 0.2) is 12.2 Å². The molecule has 0 saturated heterocycles. The van der Waals surface area contributed by atoms with Gasteiger partial charge >= 0.3 is 5.97 Å². The molecule has 0 radical (unpaired) electrons. The molecular weight excluding hydrogens is 504 g/mol. The Morgan fingerprint density at radius 3 is 2.18 bits per heavy atom. The van der Waals surface area contributed by atoms with Crippen molar-refractivity contribution in [3.05, 3.63) is 36.2 Å². The van der Waals surface area contributed by atoms with Crippen LogP contribution < -0.4 is 0 Å². The molecule has 0 aliphatic carbocycles. The second kappa shape index (κ2) is 18.1. The second-order valence-electron chi connectivity index (χ2n) is 10.7. The monoisotopic (exact) mass is 552 g/mol. The standard InChI is InChI=1S/C29H48N2O8/c1-4-20(2)14-12-10-8-6-5-7-9-11-13-15-26(35)39-28(25-17-30-19-38-25)29-31-22(18-37-29)23(33)16-24(34)27(36)21(3)32/h17-21,23-24,27-28,32-34,36H,4-16H2,1-3H3/t20?,21?,23-,24+,27?,28-/m0/s1. The van der Waals surface area contributed by atoms with Gasteiger partial charge in [0, 0.05) is 12.8 Å². The molecule has 6 atom stereocenters. The van der Waals surface area contributed by atoms with Gasteiger partial charge in [-0.05, 0) is 19.3 Å². The molecule has 2 aromatic rings. The number of ether oxygens (including phenoxy) is 1. The minimum Gasteiger partial charge on any atom is -0.445 e. The van der Waals surface area contributed by atoms with E-state index in [1.165, 1.54) is 77.1 Å². The first kappa shape index (κ1) is 32.9. The number of oxazole rings is 2. The van der Waals surface area contributed by atoms with Gasteiger partial charge in [-0.1, -0.05) is 78.1 Å². The van der Waals surface area contributed by atoms with Gasteiger partial charge in [-0.25, -0.2) is 9.97 Å². The molecule has 222 valence electrons. The molecule has 0 fully saturated rings. The van der Waals surface area contributed by atoms with Crippen LogP contribution in [0, 0.1) is 5.92 Å². The zero-order chi connectivity index (χ0) is 28.6. The first-order chi connectivity index (χ1) is 18.7. The number of carbonyl (C=O) groups is 1. The van der Waals surface area contributed by atoms with Crippen LogP contribution in [-0.4, -0.2) is 54.7 Å². The smallest absolute Gasteiger partial charge is 0.307 e. The van der Waals surface area contributed by atoms with Crippen molar-refractivity contribution in [1.29, 1.82) is 0 Å². The maximum atomic E-state index is 12.6. The fourth-order valence-electron chi connectivity index (χ4n) is 4.36. The number of nitrogens with zero attached hydrogens (tertiary/aromatic N) is 2. The number of aliphatic hydroxyl groups is 4. The van der Waals surface area contributed by atoms with Gasteiger partial charge in [0.2, 0.25) is 12.0 Å². The van der Waals surface area contributed by atoms with Gasteiger partial charge in [0.05, 0.1) is 18.4 Å². The molecule has 2 heterocycles. The van der Waals surface area contributed by atoms with Crippen LogP contribution >= 0.6 is 0 Å². The van der Waals surface area contributed by atoms with Crippen LogP contribution in [-0.2, 0) is 9.53 Å². The quantitative estimate of drug-likeness (QED) is 0.120. The highest BCUT2D eigenvalue weighted by molar-refractivity contribution is 5.69. The van der Waals surface area contributed by atoms with Crippen LogP contribution in [0.25, 0.3) is 0 Å². The average molecular weight is 553 g/mol. The molecular formula is C29H48N2O8. The first-order valence-corrected chi connectivity index (χ1v) is 14.5. The average Bonchev–Trinajstić information content (AvgIpc) is 3.62. The third-order valence-electron chi connectivity index (χ3n) is 7.19. The summed E-state index contributed by atoms with van der Waals surface area (Å²) >= 11 is 0. The summed E-state index contributed by atoms with van der Waals surface area (Å²) in [5.41, 5.74) is 0.0814. The first-order valence-electron chi connectivity index (χ1n) is 14.5. The van der Waals surface area contributed by atoms with Gasteiger partial charge < -0.3 is 34.0 Å².